The van der Waals surface area contributed by atoms with Gasteiger partial charge in [0.05, 0.1) is 23.4 Å². The van der Waals surface area contributed by atoms with Crippen LogP contribution in [0.25, 0.3) is 0 Å². The second-order valence-corrected chi connectivity index (χ2v) is 4.33. The van der Waals surface area contributed by atoms with Gasteiger partial charge in [0.25, 0.3) is 5.69 Å². The fourth-order valence-corrected chi connectivity index (χ4v) is 1.73. The van der Waals surface area contributed by atoms with Gasteiger partial charge >= 0.3 is 0 Å². The molecule has 0 unspecified atom stereocenters. The maximum atomic E-state index is 10.7. The van der Waals surface area contributed by atoms with E-state index in [1.807, 2.05) is 6.92 Å². The molecular weight excluding hydrogens is 286 g/mol. The van der Waals surface area contributed by atoms with E-state index in [1.165, 1.54) is 24.4 Å². The van der Waals surface area contributed by atoms with Crippen LogP contribution in [0.3, 0.4) is 0 Å². The molecule has 0 fully saturated rings. The zero-order valence-corrected chi connectivity index (χ0v) is 11.9. The van der Waals surface area contributed by atoms with Crippen molar-refractivity contribution in [1.29, 1.82) is 0 Å². The van der Waals surface area contributed by atoms with Crippen LogP contribution in [0.15, 0.2) is 47.6 Å². The predicted octanol–water partition coefficient (Wildman–Crippen LogP) is 3.15. The van der Waals surface area contributed by atoms with Crippen LogP contribution in [0, 0.1) is 10.1 Å². The first-order chi connectivity index (χ1) is 10.6. The Balaban J connectivity index is 2.06. The molecule has 0 amide bonds. The molecule has 0 bridgehead atoms. The molecule has 0 aliphatic carbocycles. The number of phenols is 1. The summed E-state index contributed by atoms with van der Waals surface area (Å²) in [7, 11) is 0. The summed E-state index contributed by atoms with van der Waals surface area (Å²) in [6, 6.07) is 10.9. The summed E-state index contributed by atoms with van der Waals surface area (Å²) in [5.74, 6) is 0.677. The van der Waals surface area contributed by atoms with Gasteiger partial charge in [-0.25, -0.2) is 0 Å². The van der Waals surface area contributed by atoms with Crippen molar-refractivity contribution in [2.45, 2.75) is 6.92 Å². The number of nitro benzene ring substituents is 1. The highest BCUT2D eigenvalue weighted by Gasteiger charge is 2.08. The van der Waals surface area contributed by atoms with Gasteiger partial charge in [-0.1, -0.05) is 0 Å². The van der Waals surface area contributed by atoms with E-state index in [2.05, 4.69) is 10.5 Å². The van der Waals surface area contributed by atoms with Gasteiger partial charge in [0.2, 0.25) is 0 Å². The van der Waals surface area contributed by atoms with Crippen molar-refractivity contribution in [3.8, 4) is 11.5 Å². The Morgan fingerprint density at radius 3 is 2.68 bits per heavy atom. The Bertz CT molecular complexity index is 684. The van der Waals surface area contributed by atoms with Crippen molar-refractivity contribution in [1.82, 2.24) is 0 Å². The van der Waals surface area contributed by atoms with E-state index in [9.17, 15) is 15.2 Å². The van der Waals surface area contributed by atoms with E-state index in [-0.39, 0.29) is 17.0 Å². The number of ether oxygens (including phenoxy) is 1. The zero-order valence-electron chi connectivity index (χ0n) is 11.9. The van der Waals surface area contributed by atoms with Gasteiger partial charge in [0, 0.05) is 17.7 Å². The molecule has 0 aromatic heterocycles. The number of hydrogen-bond acceptors (Lipinski definition) is 6. The van der Waals surface area contributed by atoms with Crippen LogP contribution in [-0.2, 0) is 0 Å². The van der Waals surface area contributed by atoms with Gasteiger partial charge in [0.15, 0.2) is 0 Å². The monoisotopic (exact) mass is 301 g/mol. The molecule has 0 heterocycles. The highest BCUT2D eigenvalue weighted by Crippen LogP contribution is 2.21. The van der Waals surface area contributed by atoms with E-state index >= 15 is 0 Å². The lowest BCUT2D eigenvalue weighted by Gasteiger charge is -2.04. The van der Waals surface area contributed by atoms with Gasteiger partial charge < -0.3 is 9.84 Å². The Morgan fingerprint density at radius 1 is 1.32 bits per heavy atom. The molecule has 2 aromatic carbocycles. The van der Waals surface area contributed by atoms with Gasteiger partial charge in [-0.15, -0.1) is 0 Å². The lowest BCUT2D eigenvalue weighted by Crippen LogP contribution is -1.94. The largest absolute Gasteiger partial charge is 0.507 e. The number of phenolic OH excluding ortho intramolecular Hbond substituents is 1. The lowest BCUT2D eigenvalue weighted by molar-refractivity contribution is -0.384. The number of rotatable bonds is 6. The van der Waals surface area contributed by atoms with Crippen molar-refractivity contribution < 1.29 is 14.8 Å². The molecule has 2 aromatic rings. The van der Waals surface area contributed by atoms with Crippen LogP contribution in [0.2, 0.25) is 0 Å². The minimum atomic E-state index is -0.531. The van der Waals surface area contributed by atoms with E-state index in [4.69, 9.17) is 4.74 Å². The Kier molecular flexibility index (Phi) is 4.92. The maximum absolute atomic E-state index is 10.7. The molecule has 22 heavy (non-hydrogen) atoms. The van der Waals surface area contributed by atoms with Gasteiger partial charge in [-0.3, -0.25) is 15.5 Å². The second-order valence-electron chi connectivity index (χ2n) is 4.33. The van der Waals surface area contributed by atoms with Gasteiger partial charge in [-0.05, 0) is 37.3 Å². The summed E-state index contributed by atoms with van der Waals surface area (Å²) in [5, 5.41) is 24.3. The summed E-state index contributed by atoms with van der Waals surface area (Å²) in [6.45, 7) is 2.50. The number of hydrogen-bond donors (Lipinski definition) is 2. The van der Waals surface area contributed by atoms with E-state index in [1.54, 1.807) is 24.3 Å². The Labute approximate surface area is 127 Å². The minimum Gasteiger partial charge on any atom is -0.507 e. The molecule has 7 heteroatoms. The standard InChI is InChI=1S/C15H15N3O4/c1-2-22-14-6-3-12(4-7-14)17-16-10-11-9-13(18(20)21)5-8-15(11)19/h3-10,17,19H,2H2,1H3/b16-10+. The number of benzene rings is 2. The van der Waals surface area contributed by atoms with Crippen LogP contribution in [-0.4, -0.2) is 22.9 Å². The van der Waals surface area contributed by atoms with E-state index in [0.29, 0.717) is 6.61 Å². The van der Waals surface area contributed by atoms with E-state index in [0.717, 1.165) is 11.4 Å². The van der Waals surface area contributed by atoms with Crippen molar-refractivity contribution in [2.75, 3.05) is 12.0 Å². The number of aromatic hydroxyl groups is 1. The average molecular weight is 301 g/mol. The van der Waals surface area contributed by atoms with Crippen molar-refractivity contribution in [2.24, 2.45) is 5.10 Å². The third-order valence-corrected chi connectivity index (χ3v) is 2.78. The quantitative estimate of drug-likeness (QED) is 0.485. The van der Waals surface area contributed by atoms with Gasteiger partial charge in [0.1, 0.15) is 11.5 Å². The van der Waals surface area contributed by atoms with Crippen molar-refractivity contribution in [3.05, 3.63) is 58.1 Å². The summed E-state index contributed by atoms with van der Waals surface area (Å²) in [4.78, 5) is 10.2. The number of non-ortho nitro benzene ring substituents is 1. The molecule has 0 radical (unpaired) electrons. The van der Waals surface area contributed by atoms with Crippen molar-refractivity contribution >= 4 is 17.6 Å². The molecule has 0 aliphatic rings. The fourth-order valence-electron chi connectivity index (χ4n) is 1.73. The van der Waals surface area contributed by atoms with Crippen LogP contribution < -0.4 is 10.2 Å². The zero-order chi connectivity index (χ0) is 15.9. The molecule has 0 aliphatic heterocycles. The molecule has 7 nitrogen and oxygen atoms in total. The van der Waals surface area contributed by atoms with Gasteiger partial charge in [-0.2, -0.15) is 5.10 Å². The third-order valence-electron chi connectivity index (χ3n) is 2.78. The van der Waals surface area contributed by atoms with Crippen LogP contribution in [0.1, 0.15) is 12.5 Å². The fraction of sp³-hybridized carbons (Fsp3) is 0.133. The Hall–Kier alpha value is -3.09. The topological polar surface area (TPSA) is 97.0 Å². The molecular formula is C15H15N3O4. The van der Waals surface area contributed by atoms with E-state index < -0.39 is 4.92 Å². The lowest BCUT2D eigenvalue weighted by atomic mass is 10.2. The summed E-state index contributed by atoms with van der Waals surface area (Å²) in [6.07, 6.45) is 1.32. The third kappa shape index (κ3) is 3.95. The number of nitrogens with one attached hydrogen (secondary N) is 1. The number of nitrogens with zero attached hydrogens (tertiary/aromatic N) is 2. The number of nitro groups is 1. The van der Waals surface area contributed by atoms with Crippen LogP contribution in [0.4, 0.5) is 11.4 Å². The first kappa shape index (κ1) is 15.3. The molecule has 0 saturated heterocycles. The highest BCUT2D eigenvalue weighted by atomic mass is 16.6. The molecule has 0 saturated carbocycles. The predicted molar refractivity (Wildman–Crippen MR) is 83.6 cm³/mol. The average Bonchev–Trinajstić information content (AvgIpc) is 2.51. The highest BCUT2D eigenvalue weighted by molar-refractivity contribution is 5.84. The minimum absolute atomic E-state index is 0.0807. The summed E-state index contributed by atoms with van der Waals surface area (Å²) in [5.41, 5.74) is 3.64. The smallest absolute Gasteiger partial charge is 0.270 e. The van der Waals surface area contributed by atoms with Crippen LogP contribution >= 0.6 is 0 Å². The number of hydrazone groups is 1. The van der Waals surface area contributed by atoms with Crippen molar-refractivity contribution in [3.63, 3.8) is 0 Å². The maximum Gasteiger partial charge on any atom is 0.270 e. The second kappa shape index (κ2) is 7.07. The molecule has 2 N–H and O–H groups in total. The summed E-state index contributed by atoms with van der Waals surface area (Å²) >= 11 is 0. The first-order valence-corrected chi connectivity index (χ1v) is 6.59. The number of anilines is 1. The van der Waals surface area contributed by atoms with Crippen LogP contribution in [0.5, 0.6) is 11.5 Å². The summed E-state index contributed by atoms with van der Waals surface area (Å²) < 4.78 is 5.32. The molecule has 114 valence electrons. The molecule has 0 spiro atoms. The SMILES string of the molecule is CCOc1ccc(N/N=C/c2cc([N+](=O)[O-])ccc2O)cc1. The molecule has 2 rings (SSSR count). The Morgan fingerprint density at radius 2 is 2.05 bits per heavy atom. The normalized spacial score (nSPS) is 10.6. The molecule has 0 atom stereocenters. The first-order valence-electron chi connectivity index (χ1n) is 6.59.